The van der Waals surface area contributed by atoms with Gasteiger partial charge in [0.15, 0.2) is 5.79 Å². The van der Waals surface area contributed by atoms with E-state index in [1.54, 1.807) is 0 Å². The van der Waals surface area contributed by atoms with E-state index in [0.717, 1.165) is 12.8 Å². The van der Waals surface area contributed by atoms with Gasteiger partial charge in [0.2, 0.25) is 5.91 Å². The Morgan fingerprint density at radius 1 is 1.14 bits per heavy atom. The number of rotatable bonds is 8. The van der Waals surface area contributed by atoms with Crippen LogP contribution >= 0.6 is 0 Å². The first kappa shape index (κ1) is 20.4. The maximum atomic E-state index is 13.3. The van der Waals surface area contributed by atoms with Crippen LogP contribution in [-0.4, -0.2) is 55.0 Å². The number of ether oxygens (including phenoxy) is 3. The summed E-state index contributed by atoms with van der Waals surface area (Å²) in [6.45, 7) is 7.57. The molecule has 1 saturated heterocycles. The Hall–Kier alpha value is -1.92. The number of esters is 1. The summed E-state index contributed by atoms with van der Waals surface area (Å²) >= 11 is 0. The molecular formula is C23H31NO5. The Morgan fingerprint density at radius 3 is 2.55 bits per heavy atom. The van der Waals surface area contributed by atoms with Crippen molar-refractivity contribution in [2.45, 2.75) is 51.4 Å². The summed E-state index contributed by atoms with van der Waals surface area (Å²) in [4.78, 5) is 27.2. The minimum absolute atomic E-state index is 0.0209. The van der Waals surface area contributed by atoms with E-state index in [-0.39, 0.29) is 35.7 Å². The molecule has 6 nitrogen and oxygen atoms in total. The van der Waals surface area contributed by atoms with E-state index in [0.29, 0.717) is 32.2 Å². The summed E-state index contributed by atoms with van der Waals surface area (Å²) in [5.74, 6) is -0.162. The van der Waals surface area contributed by atoms with Crippen LogP contribution < -0.4 is 0 Å². The van der Waals surface area contributed by atoms with Crippen LogP contribution in [0.5, 0.6) is 0 Å². The van der Waals surface area contributed by atoms with Gasteiger partial charge in [-0.15, -0.1) is 0 Å². The molecule has 0 aromatic heterocycles. The molecule has 1 amide bonds. The second kappa shape index (κ2) is 8.07. The number of nitrogens with zero attached hydrogens (tertiary/aromatic N) is 1. The molecule has 158 valence electrons. The average molecular weight is 402 g/mol. The van der Waals surface area contributed by atoms with Crippen LogP contribution in [0.25, 0.3) is 0 Å². The molecule has 1 heterocycles. The van der Waals surface area contributed by atoms with Crippen molar-refractivity contribution >= 4 is 11.9 Å². The zero-order valence-corrected chi connectivity index (χ0v) is 17.5. The van der Waals surface area contributed by atoms with Crippen LogP contribution in [-0.2, 0) is 23.8 Å². The van der Waals surface area contributed by atoms with Gasteiger partial charge in [0.25, 0.3) is 0 Å². The molecule has 2 saturated carbocycles. The fraction of sp³-hybridized carbons (Fsp3) is 0.652. The van der Waals surface area contributed by atoms with Gasteiger partial charge in [-0.2, -0.15) is 0 Å². The van der Waals surface area contributed by atoms with Crippen LogP contribution in [0.3, 0.4) is 0 Å². The molecule has 1 aromatic rings. The third-order valence-electron chi connectivity index (χ3n) is 6.11. The first-order valence-corrected chi connectivity index (χ1v) is 10.7. The standard InChI is InChI=1S/C23H31NO5/c1-4-27-22(26)19-10-16(19)12-24(13-17-14-28-23(2,3)29-17)21(25)20-11-18(20)15-8-6-5-7-9-15/h5-9,16-20H,4,10-14H2,1-3H3/t16-,17-,18+,19-,20-/m1/s1. The first-order valence-electron chi connectivity index (χ1n) is 10.7. The Kier molecular flexibility index (Phi) is 5.67. The van der Waals surface area contributed by atoms with E-state index in [4.69, 9.17) is 14.2 Å². The lowest BCUT2D eigenvalue weighted by atomic mass is 10.1. The molecule has 2 aliphatic carbocycles. The number of amides is 1. The minimum atomic E-state index is -0.613. The molecule has 29 heavy (non-hydrogen) atoms. The van der Waals surface area contributed by atoms with Crippen molar-refractivity contribution in [3.8, 4) is 0 Å². The van der Waals surface area contributed by atoms with Crippen LogP contribution in [0.2, 0.25) is 0 Å². The van der Waals surface area contributed by atoms with Gasteiger partial charge in [0, 0.05) is 19.0 Å². The van der Waals surface area contributed by atoms with Gasteiger partial charge in [-0.3, -0.25) is 9.59 Å². The van der Waals surface area contributed by atoms with Crippen molar-refractivity contribution in [1.82, 2.24) is 4.90 Å². The number of carbonyl (C=O) groups excluding carboxylic acids is 2. The normalized spacial score (nSPS) is 31.9. The summed E-state index contributed by atoms with van der Waals surface area (Å²) in [6.07, 6.45) is 1.55. The van der Waals surface area contributed by atoms with Crippen LogP contribution in [0.1, 0.15) is 45.1 Å². The summed E-state index contributed by atoms with van der Waals surface area (Å²) in [5.41, 5.74) is 1.23. The van der Waals surface area contributed by atoms with E-state index < -0.39 is 5.79 Å². The van der Waals surface area contributed by atoms with Gasteiger partial charge >= 0.3 is 5.97 Å². The Balaban J connectivity index is 1.40. The maximum Gasteiger partial charge on any atom is 0.309 e. The Labute approximate surface area is 172 Å². The molecule has 5 atom stereocenters. The van der Waals surface area contributed by atoms with Gasteiger partial charge in [0.05, 0.1) is 19.1 Å². The predicted molar refractivity (Wildman–Crippen MR) is 107 cm³/mol. The smallest absolute Gasteiger partial charge is 0.309 e. The largest absolute Gasteiger partial charge is 0.466 e. The molecule has 0 unspecified atom stereocenters. The Morgan fingerprint density at radius 2 is 1.90 bits per heavy atom. The lowest BCUT2D eigenvalue weighted by Gasteiger charge is -2.26. The quantitative estimate of drug-likeness (QED) is 0.627. The van der Waals surface area contributed by atoms with Gasteiger partial charge in [-0.1, -0.05) is 30.3 Å². The second-order valence-corrected chi connectivity index (χ2v) is 8.91. The number of carbonyl (C=O) groups is 2. The van der Waals surface area contributed by atoms with Crippen LogP contribution in [0, 0.1) is 17.8 Å². The highest BCUT2D eigenvalue weighted by atomic mass is 16.7. The molecule has 1 aliphatic heterocycles. The molecular weight excluding hydrogens is 370 g/mol. The van der Waals surface area contributed by atoms with Crippen molar-refractivity contribution in [3.05, 3.63) is 35.9 Å². The molecule has 0 N–H and O–H groups in total. The van der Waals surface area contributed by atoms with E-state index >= 15 is 0 Å². The SMILES string of the molecule is CCOC(=O)[C@@H]1C[C@@H]1CN(C[C@@H]1COC(C)(C)O1)C(=O)[C@@H]1C[C@H]1c1ccccc1. The molecule has 3 aliphatic rings. The second-order valence-electron chi connectivity index (χ2n) is 8.91. The Bertz CT molecular complexity index is 749. The summed E-state index contributed by atoms with van der Waals surface area (Å²) in [6, 6.07) is 10.2. The topological polar surface area (TPSA) is 65.1 Å². The highest BCUT2D eigenvalue weighted by Crippen LogP contribution is 2.49. The molecule has 0 bridgehead atoms. The highest BCUT2D eigenvalue weighted by molar-refractivity contribution is 5.83. The van der Waals surface area contributed by atoms with Crippen molar-refractivity contribution < 1.29 is 23.8 Å². The number of benzene rings is 1. The van der Waals surface area contributed by atoms with E-state index in [2.05, 4.69) is 12.1 Å². The summed E-state index contributed by atoms with van der Waals surface area (Å²) in [5, 5.41) is 0. The third kappa shape index (κ3) is 4.81. The van der Waals surface area contributed by atoms with Crippen LogP contribution in [0.15, 0.2) is 30.3 Å². The van der Waals surface area contributed by atoms with Crippen LogP contribution in [0.4, 0.5) is 0 Å². The van der Waals surface area contributed by atoms with Crippen molar-refractivity contribution in [3.63, 3.8) is 0 Å². The fourth-order valence-corrected chi connectivity index (χ4v) is 4.39. The average Bonchev–Trinajstić information content (AvgIpc) is 3.60. The lowest BCUT2D eigenvalue weighted by Crippen LogP contribution is -2.41. The first-order chi connectivity index (χ1) is 13.9. The fourth-order valence-electron chi connectivity index (χ4n) is 4.39. The van der Waals surface area contributed by atoms with Crippen molar-refractivity contribution in [2.75, 3.05) is 26.3 Å². The zero-order valence-electron chi connectivity index (χ0n) is 17.5. The van der Waals surface area contributed by atoms with Gasteiger partial charge in [-0.05, 0) is 51.0 Å². The number of hydrogen-bond donors (Lipinski definition) is 0. The van der Waals surface area contributed by atoms with Gasteiger partial charge in [0.1, 0.15) is 6.10 Å². The zero-order chi connectivity index (χ0) is 20.6. The van der Waals surface area contributed by atoms with E-state index in [9.17, 15) is 9.59 Å². The summed E-state index contributed by atoms with van der Waals surface area (Å²) < 4.78 is 16.8. The van der Waals surface area contributed by atoms with Gasteiger partial charge < -0.3 is 19.1 Å². The van der Waals surface area contributed by atoms with Crippen molar-refractivity contribution in [2.24, 2.45) is 17.8 Å². The predicted octanol–water partition coefficient (Wildman–Crippen LogP) is 2.97. The van der Waals surface area contributed by atoms with E-state index in [1.807, 2.05) is 43.9 Å². The molecule has 3 fully saturated rings. The molecule has 1 aromatic carbocycles. The lowest BCUT2D eigenvalue weighted by molar-refractivity contribution is -0.148. The molecule has 4 rings (SSSR count). The van der Waals surface area contributed by atoms with Crippen molar-refractivity contribution in [1.29, 1.82) is 0 Å². The minimum Gasteiger partial charge on any atom is -0.466 e. The highest BCUT2D eigenvalue weighted by Gasteiger charge is 2.50. The van der Waals surface area contributed by atoms with E-state index in [1.165, 1.54) is 5.56 Å². The van der Waals surface area contributed by atoms with Gasteiger partial charge in [-0.25, -0.2) is 0 Å². The maximum absolute atomic E-state index is 13.3. The molecule has 0 radical (unpaired) electrons. The molecule has 6 heteroatoms. The number of hydrogen-bond acceptors (Lipinski definition) is 5. The molecule has 0 spiro atoms. The monoisotopic (exact) mass is 401 g/mol. The third-order valence-corrected chi connectivity index (χ3v) is 6.11. The summed E-state index contributed by atoms with van der Waals surface area (Å²) in [7, 11) is 0.